The third-order valence-corrected chi connectivity index (χ3v) is 5.28. The average molecular weight is 453 g/mol. The van der Waals surface area contributed by atoms with Gasteiger partial charge in [-0.1, -0.05) is 65.1 Å². The Bertz CT molecular complexity index is 1110. The van der Waals surface area contributed by atoms with E-state index in [9.17, 15) is 0 Å². The van der Waals surface area contributed by atoms with Gasteiger partial charge >= 0.3 is 0 Å². The fraction of sp³-hybridized carbons (Fsp3) is 0.130. The molecule has 4 rings (SSSR count). The molecule has 1 aromatic heterocycles. The third-order valence-electron chi connectivity index (χ3n) is 4.52. The lowest BCUT2D eigenvalue weighted by Gasteiger charge is -2.12. The molecule has 1 N–H and O–H groups in total. The van der Waals surface area contributed by atoms with Crippen LogP contribution in [0, 0.1) is 0 Å². The van der Waals surface area contributed by atoms with Gasteiger partial charge in [0.15, 0.2) is 5.82 Å². The van der Waals surface area contributed by atoms with Crippen molar-refractivity contribution in [3.8, 4) is 11.4 Å². The Kier molecular flexibility index (Phi) is 5.60. The van der Waals surface area contributed by atoms with Gasteiger partial charge < -0.3 is 5.32 Å². The van der Waals surface area contributed by atoms with E-state index < -0.39 is 0 Å². The minimum absolute atomic E-state index is 0.655. The molecule has 0 aliphatic carbocycles. The van der Waals surface area contributed by atoms with Crippen LogP contribution in [0.4, 0.5) is 11.5 Å². The van der Waals surface area contributed by atoms with Crippen molar-refractivity contribution < 1.29 is 0 Å². The zero-order valence-corrected chi connectivity index (χ0v) is 17.8. The van der Waals surface area contributed by atoms with E-state index in [2.05, 4.69) is 52.4 Å². The van der Waals surface area contributed by atoms with Gasteiger partial charge in [-0.05, 0) is 54.4 Å². The Morgan fingerprint density at radius 3 is 2.39 bits per heavy atom. The van der Waals surface area contributed by atoms with E-state index >= 15 is 0 Å². The summed E-state index contributed by atoms with van der Waals surface area (Å²) in [5, 5.41) is 5.04. The van der Waals surface area contributed by atoms with Crippen LogP contribution in [0.5, 0.6) is 0 Å². The third kappa shape index (κ3) is 4.18. The van der Waals surface area contributed by atoms with Gasteiger partial charge in [-0.3, -0.25) is 0 Å². The zero-order chi connectivity index (χ0) is 19.5. The first-order valence-corrected chi connectivity index (χ1v) is 10.4. The number of hydrogen-bond donors (Lipinski definition) is 1. The fourth-order valence-electron chi connectivity index (χ4n) is 3.11. The van der Waals surface area contributed by atoms with Crippen LogP contribution >= 0.6 is 27.5 Å². The lowest BCUT2D eigenvalue weighted by Crippen LogP contribution is -1.99. The number of anilines is 2. The molecule has 0 unspecified atom stereocenters. The molecule has 0 bridgehead atoms. The Labute approximate surface area is 177 Å². The molecule has 0 aliphatic rings. The van der Waals surface area contributed by atoms with Crippen molar-refractivity contribution in [2.45, 2.75) is 19.8 Å². The molecule has 0 saturated carbocycles. The van der Waals surface area contributed by atoms with Gasteiger partial charge in [0.1, 0.15) is 5.82 Å². The van der Waals surface area contributed by atoms with Crippen LogP contribution in [0.2, 0.25) is 5.02 Å². The van der Waals surface area contributed by atoms with Crippen molar-refractivity contribution in [2.75, 3.05) is 5.32 Å². The van der Waals surface area contributed by atoms with Crippen molar-refractivity contribution in [2.24, 2.45) is 0 Å². The number of hydrogen-bond acceptors (Lipinski definition) is 3. The van der Waals surface area contributed by atoms with E-state index in [4.69, 9.17) is 21.6 Å². The maximum Gasteiger partial charge on any atom is 0.162 e. The molecule has 0 radical (unpaired) electrons. The van der Waals surface area contributed by atoms with E-state index in [1.54, 1.807) is 0 Å². The highest BCUT2D eigenvalue weighted by molar-refractivity contribution is 9.10. The molecule has 28 heavy (non-hydrogen) atoms. The molecule has 3 nitrogen and oxygen atoms in total. The van der Waals surface area contributed by atoms with Gasteiger partial charge in [0.25, 0.3) is 0 Å². The summed E-state index contributed by atoms with van der Waals surface area (Å²) in [7, 11) is 0. The number of aromatic nitrogens is 2. The van der Waals surface area contributed by atoms with Crippen molar-refractivity contribution in [3.05, 3.63) is 81.8 Å². The van der Waals surface area contributed by atoms with E-state index in [-0.39, 0.29) is 0 Å². The summed E-state index contributed by atoms with van der Waals surface area (Å²) in [6.45, 7) is 2.19. The van der Waals surface area contributed by atoms with E-state index in [0.717, 1.165) is 45.3 Å². The number of halogens is 2. The maximum absolute atomic E-state index is 6.21. The number of nitrogens with zero attached hydrogens (tertiary/aromatic N) is 2. The second-order valence-electron chi connectivity index (χ2n) is 6.64. The van der Waals surface area contributed by atoms with Gasteiger partial charge in [0.05, 0.1) is 5.52 Å². The summed E-state index contributed by atoms with van der Waals surface area (Å²) in [5.41, 5.74) is 4.09. The predicted octanol–water partition coefficient (Wildman–Crippen LogP) is 7.41. The fourth-order valence-corrected chi connectivity index (χ4v) is 3.54. The molecule has 0 saturated heterocycles. The molecule has 0 atom stereocenters. The van der Waals surface area contributed by atoms with Crippen molar-refractivity contribution in [3.63, 3.8) is 0 Å². The van der Waals surface area contributed by atoms with Crippen LogP contribution in [0.1, 0.15) is 18.9 Å². The number of benzene rings is 3. The van der Waals surface area contributed by atoms with Gasteiger partial charge in [-0.2, -0.15) is 0 Å². The molecule has 1 heterocycles. The first-order chi connectivity index (χ1) is 13.6. The monoisotopic (exact) mass is 451 g/mol. The Hall–Kier alpha value is -2.43. The highest BCUT2D eigenvalue weighted by atomic mass is 79.9. The van der Waals surface area contributed by atoms with Gasteiger partial charge in [0.2, 0.25) is 0 Å². The first-order valence-electron chi connectivity index (χ1n) is 9.21. The quantitative estimate of drug-likeness (QED) is 0.342. The molecule has 0 aliphatic heterocycles. The summed E-state index contributed by atoms with van der Waals surface area (Å²) in [6, 6.07) is 22.2. The average Bonchev–Trinajstić information content (AvgIpc) is 2.70. The van der Waals surface area contributed by atoms with Gasteiger partial charge in [0, 0.05) is 26.1 Å². The number of fused-ring (bicyclic) bond motifs is 1. The topological polar surface area (TPSA) is 37.8 Å². The van der Waals surface area contributed by atoms with E-state index in [1.165, 1.54) is 5.56 Å². The van der Waals surface area contributed by atoms with Crippen LogP contribution in [0.15, 0.2) is 71.2 Å². The Balaban J connectivity index is 1.78. The minimum atomic E-state index is 0.655. The van der Waals surface area contributed by atoms with E-state index in [0.29, 0.717) is 10.8 Å². The molecule has 0 fully saturated rings. The van der Waals surface area contributed by atoms with Gasteiger partial charge in [-0.25, -0.2) is 9.97 Å². The Morgan fingerprint density at radius 1 is 0.929 bits per heavy atom. The van der Waals surface area contributed by atoms with Gasteiger partial charge in [-0.15, -0.1) is 0 Å². The van der Waals surface area contributed by atoms with Crippen LogP contribution in [0.25, 0.3) is 22.3 Å². The summed E-state index contributed by atoms with van der Waals surface area (Å²) in [6.07, 6.45) is 2.23. The lowest BCUT2D eigenvalue weighted by molar-refractivity contribution is 0.922. The number of nitrogens with one attached hydrogen (secondary N) is 1. The summed E-state index contributed by atoms with van der Waals surface area (Å²) >= 11 is 9.68. The summed E-state index contributed by atoms with van der Waals surface area (Å²) < 4.78 is 1.02. The zero-order valence-electron chi connectivity index (χ0n) is 15.4. The molecule has 0 amide bonds. The molecule has 5 heteroatoms. The summed E-state index contributed by atoms with van der Waals surface area (Å²) in [4.78, 5) is 9.53. The molecule has 3 aromatic carbocycles. The lowest BCUT2D eigenvalue weighted by atomic mass is 10.1. The SMILES string of the molecule is CCCc1ccc(Nc2nc(-c3ccc(Br)cc3)nc3cc(Cl)ccc23)cc1. The number of rotatable bonds is 5. The van der Waals surface area contributed by atoms with Crippen LogP contribution < -0.4 is 5.32 Å². The predicted molar refractivity (Wildman–Crippen MR) is 121 cm³/mol. The second-order valence-corrected chi connectivity index (χ2v) is 7.99. The minimum Gasteiger partial charge on any atom is -0.340 e. The normalized spacial score (nSPS) is 11.0. The molecular formula is C23H19BrClN3. The largest absolute Gasteiger partial charge is 0.340 e. The van der Waals surface area contributed by atoms with Crippen molar-refractivity contribution in [1.82, 2.24) is 9.97 Å². The molecular weight excluding hydrogens is 434 g/mol. The molecule has 4 aromatic rings. The van der Waals surface area contributed by atoms with Crippen LogP contribution in [-0.2, 0) is 6.42 Å². The summed E-state index contributed by atoms with van der Waals surface area (Å²) in [5.74, 6) is 1.43. The molecule has 0 spiro atoms. The second kappa shape index (κ2) is 8.29. The van der Waals surface area contributed by atoms with Crippen LogP contribution in [-0.4, -0.2) is 9.97 Å². The first kappa shape index (κ1) is 18.9. The number of aryl methyl sites for hydroxylation is 1. The highest BCUT2D eigenvalue weighted by Gasteiger charge is 2.11. The van der Waals surface area contributed by atoms with Crippen molar-refractivity contribution in [1.29, 1.82) is 0 Å². The standard InChI is InChI=1S/C23H19BrClN3/c1-2-3-15-4-11-19(12-5-15)26-23-20-13-10-18(25)14-21(20)27-22(28-23)16-6-8-17(24)9-7-16/h4-14H,2-3H2,1H3,(H,26,27,28). The highest BCUT2D eigenvalue weighted by Crippen LogP contribution is 2.29. The van der Waals surface area contributed by atoms with E-state index in [1.807, 2.05) is 42.5 Å². The van der Waals surface area contributed by atoms with Crippen molar-refractivity contribution >= 4 is 49.9 Å². The smallest absolute Gasteiger partial charge is 0.162 e. The maximum atomic E-state index is 6.21. The Morgan fingerprint density at radius 2 is 1.68 bits per heavy atom. The van der Waals surface area contributed by atoms with Crippen LogP contribution in [0.3, 0.4) is 0 Å². The molecule has 140 valence electrons.